The molecule has 4 rings (SSSR count). The molecule has 0 N–H and O–H groups in total. The van der Waals surface area contributed by atoms with Crippen LogP contribution in [0.4, 0.5) is 0 Å². The van der Waals surface area contributed by atoms with Crippen LogP contribution in [0, 0.1) is 0 Å². The van der Waals surface area contributed by atoms with E-state index in [0.717, 1.165) is 11.3 Å². The Labute approximate surface area is 232 Å². The number of benzene rings is 2. The summed E-state index contributed by atoms with van der Waals surface area (Å²) in [6.07, 6.45) is 4.16. The third-order valence-electron chi connectivity index (χ3n) is 5.53. The highest BCUT2D eigenvalue weighted by Gasteiger charge is 2.14. The number of carbonyl (C=O) groups is 1. The van der Waals surface area contributed by atoms with Crippen molar-refractivity contribution < 1.29 is 28.5 Å². The van der Waals surface area contributed by atoms with Crippen LogP contribution in [0.2, 0.25) is 0 Å². The summed E-state index contributed by atoms with van der Waals surface area (Å²) in [7, 11) is 6.53. The quantitative estimate of drug-likeness (QED) is 0.253. The maximum Gasteiger partial charge on any atom is 0.273 e. The Bertz CT molecular complexity index is 1410. The molecule has 0 aliphatic rings. The van der Waals surface area contributed by atoms with Gasteiger partial charge in [0.25, 0.3) is 5.91 Å². The van der Waals surface area contributed by atoms with Crippen molar-refractivity contribution in [2.45, 2.75) is 19.6 Å². The van der Waals surface area contributed by atoms with Gasteiger partial charge in [0.05, 0.1) is 26.1 Å². The van der Waals surface area contributed by atoms with E-state index in [0.29, 0.717) is 42.0 Å². The second-order valence-corrected chi connectivity index (χ2v) is 8.97. The Hall–Kier alpha value is -4.77. The van der Waals surface area contributed by atoms with Gasteiger partial charge < -0.3 is 28.6 Å². The van der Waals surface area contributed by atoms with E-state index in [2.05, 4.69) is 19.9 Å². The number of nitrogens with zero attached hydrogens (tertiary/aromatic N) is 5. The maximum absolute atomic E-state index is 12.1. The lowest BCUT2D eigenvalue weighted by Gasteiger charge is -2.16. The zero-order chi connectivity index (χ0) is 28.5. The molecule has 0 bridgehead atoms. The highest BCUT2D eigenvalue weighted by Crippen LogP contribution is 2.31. The van der Waals surface area contributed by atoms with Gasteiger partial charge in [0, 0.05) is 45.1 Å². The van der Waals surface area contributed by atoms with Gasteiger partial charge in [-0.2, -0.15) is 4.98 Å². The van der Waals surface area contributed by atoms with Crippen LogP contribution in [-0.4, -0.2) is 71.8 Å². The van der Waals surface area contributed by atoms with Crippen molar-refractivity contribution in [1.82, 2.24) is 24.8 Å². The first-order chi connectivity index (χ1) is 19.3. The Morgan fingerprint density at radius 3 is 2.35 bits per heavy atom. The number of amides is 1. The van der Waals surface area contributed by atoms with Crippen LogP contribution in [0.25, 0.3) is 11.4 Å². The first-order valence-corrected chi connectivity index (χ1v) is 12.5. The fraction of sp³-hybridized carbons (Fsp3) is 0.276. The van der Waals surface area contributed by atoms with E-state index in [-0.39, 0.29) is 23.6 Å². The number of hydrogen-bond acceptors (Lipinski definition) is 10. The predicted octanol–water partition coefficient (Wildman–Crippen LogP) is 4.43. The van der Waals surface area contributed by atoms with Crippen LogP contribution in [0.1, 0.15) is 23.0 Å². The van der Waals surface area contributed by atoms with Crippen molar-refractivity contribution in [1.29, 1.82) is 0 Å². The van der Waals surface area contributed by atoms with Gasteiger partial charge in [0.1, 0.15) is 35.7 Å². The van der Waals surface area contributed by atoms with Crippen molar-refractivity contribution in [3.05, 3.63) is 78.4 Å². The van der Waals surface area contributed by atoms with Gasteiger partial charge in [-0.25, -0.2) is 15.0 Å². The summed E-state index contributed by atoms with van der Waals surface area (Å²) < 4.78 is 28.3. The molecule has 11 heteroatoms. The van der Waals surface area contributed by atoms with E-state index in [1.165, 1.54) is 17.3 Å². The van der Waals surface area contributed by atoms with Crippen LogP contribution in [0.5, 0.6) is 29.0 Å². The van der Waals surface area contributed by atoms with Gasteiger partial charge in [0.2, 0.25) is 11.8 Å². The van der Waals surface area contributed by atoms with Crippen LogP contribution in [-0.2, 0) is 11.3 Å². The summed E-state index contributed by atoms with van der Waals surface area (Å²) in [6, 6.07) is 14.6. The second kappa shape index (κ2) is 13.3. The summed E-state index contributed by atoms with van der Waals surface area (Å²) in [6.45, 7) is 2.63. The zero-order valence-corrected chi connectivity index (χ0v) is 23.0. The molecule has 0 fully saturated rings. The Morgan fingerprint density at radius 1 is 0.900 bits per heavy atom. The average molecular weight is 546 g/mol. The molecule has 2 heterocycles. The number of methoxy groups -OCH3 is 2. The molecule has 11 nitrogen and oxygen atoms in total. The molecule has 0 spiro atoms. The van der Waals surface area contributed by atoms with Crippen LogP contribution in [0.15, 0.2) is 67.1 Å². The molecule has 208 valence electrons. The Balaban J connectivity index is 1.57. The van der Waals surface area contributed by atoms with Gasteiger partial charge in [0.15, 0.2) is 5.82 Å². The minimum atomic E-state index is -0.255. The van der Waals surface area contributed by atoms with Gasteiger partial charge in [-0.15, -0.1) is 0 Å². The largest absolute Gasteiger partial charge is 0.497 e. The SMILES string of the molecule is COC[C@H](C)Oc1cc(Oc2cnc(C(=O)N(C)C)cn2)cc(-c2nccc(OCc3ccc(OC)cc3)n2)c1. The van der Waals surface area contributed by atoms with Gasteiger partial charge in [-0.05, 0) is 36.8 Å². The first kappa shape index (κ1) is 28.2. The molecule has 0 unspecified atom stereocenters. The van der Waals surface area contributed by atoms with Gasteiger partial charge >= 0.3 is 0 Å². The molecule has 0 radical (unpaired) electrons. The molecule has 0 aliphatic carbocycles. The third kappa shape index (κ3) is 7.64. The van der Waals surface area contributed by atoms with Crippen LogP contribution >= 0.6 is 0 Å². The average Bonchev–Trinajstić information content (AvgIpc) is 2.96. The van der Waals surface area contributed by atoms with Gasteiger partial charge in [-0.3, -0.25) is 4.79 Å². The normalized spacial score (nSPS) is 11.4. The third-order valence-corrected chi connectivity index (χ3v) is 5.53. The number of rotatable bonds is 12. The number of carbonyl (C=O) groups excluding carboxylic acids is 1. The lowest BCUT2D eigenvalue weighted by molar-refractivity contribution is 0.0821. The van der Waals surface area contributed by atoms with E-state index in [4.69, 9.17) is 23.7 Å². The van der Waals surface area contributed by atoms with E-state index in [9.17, 15) is 4.79 Å². The van der Waals surface area contributed by atoms with Crippen molar-refractivity contribution in [2.24, 2.45) is 0 Å². The molecular weight excluding hydrogens is 514 g/mol. The summed E-state index contributed by atoms with van der Waals surface area (Å²) in [5, 5.41) is 0. The molecule has 4 aromatic rings. The van der Waals surface area contributed by atoms with E-state index >= 15 is 0 Å². The summed E-state index contributed by atoms with van der Waals surface area (Å²) >= 11 is 0. The van der Waals surface area contributed by atoms with Crippen LogP contribution < -0.4 is 18.9 Å². The first-order valence-electron chi connectivity index (χ1n) is 12.5. The second-order valence-electron chi connectivity index (χ2n) is 8.97. The van der Waals surface area contributed by atoms with Crippen molar-refractivity contribution in [3.63, 3.8) is 0 Å². The smallest absolute Gasteiger partial charge is 0.273 e. The van der Waals surface area contributed by atoms with E-state index in [1.54, 1.807) is 52.7 Å². The highest BCUT2D eigenvalue weighted by molar-refractivity contribution is 5.91. The zero-order valence-electron chi connectivity index (χ0n) is 23.0. The monoisotopic (exact) mass is 545 g/mol. The number of aromatic nitrogens is 4. The topological polar surface area (TPSA) is 118 Å². The molecule has 0 saturated carbocycles. The van der Waals surface area contributed by atoms with E-state index < -0.39 is 0 Å². The van der Waals surface area contributed by atoms with Crippen molar-refractivity contribution in [2.75, 3.05) is 34.9 Å². The number of hydrogen-bond donors (Lipinski definition) is 0. The molecule has 0 saturated heterocycles. The minimum absolute atomic E-state index is 0.209. The van der Waals surface area contributed by atoms with E-state index in [1.807, 2.05) is 37.3 Å². The van der Waals surface area contributed by atoms with Crippen molar-refractivity contribution >= 4 is 5.91 Å². The summed E-state index contributed by atoms with van der Waals surface area (Å²) in [5.41, 5.74) is 1.82. The molecule has 1 amide bonds. The Morgan fingerprint density at radius 2 is 1.68 bits per heavy atom. The standard InChI is InChI=1S/C29H31N5O6/c1-19(17-36-4)39-23-12-21(13-24(14-23)40-27-16-31-25(15-32-27)29(35)34(2)3)28-30-11-10-26(33-28)38-18-20-6-8-22(37-5)9-7-20/h6-16,19H,17-18H2,1-5H3/t19-/m0/s1. The maximum atomic E-state index is 12.1. The fourth-order valence-electron chi connectivity index (χ4n) is 3.60. The van der Waals surface area contributed by atoms with Gasteiger partial charge in [-0.1, -0.05) is 12.1 Å². The lowest BCUT2D eigenvalue weighted by Crippen LogP contribution is -2.22. The van der Waals surface area contributed by atoms with Crippen LogP contribution in [0.3, 0.4) is 0 Å². The van der Waals surface area contributed by atoms with Crippen molar-refractivity contribution in [3.8, 4) is 40.4 Å². The highest BCUT2D eigenvalue weighted by atomic mass is 16.5. The molecule has 2 aromatic heterocycles. The molecule has 1 atom stereocenters. The lowest BCUT2D eigenvalue weighted by atomic mass is 10.2. The summed E-state index contributed by atoms with van der Waals surface area (Å²) in [4.78, 5) is 30.9. The molecule has 0 aliphatic heterocycles. The predicted molar refractivity (Wildman–Crippen MR) is 147 cm³/mol. The summed E-state index contributed by atoms with van der Waals surface area (Å²) in [5.74, 6) is 2.51. The molecule has 40 heavy (non-hydrogen) atoms. The molecular formula is C29H31N5O6. The number of ether oxygens (including phenoxy) is 5. The fourth-order valence-corrected chi connectivity index (χ4v) is 3.60. The minimum Gasteiger partial charge on any atom is -0.497 e. The molecule has 2 aromatic carbocycles. The Kier molecular flexibility index (Phi) is 9.42.